The van der Waals surface area contributed by atoms with Gasteiger partial charge in [-0.15, -0.1) is 0 Å². The van der Waals surface area contributed by atoms with Crippen molar-refractivity contribution in [2.45, 2.75) is 17.9 Å². The fraction of sp³-hybridized carbons (Fsp3) is 0.176. The maximum atomic E-state index is 12.3. The molecule has 2 aromatic rings. The topological polar surface area (TPSA) is 87.0 Å². The van der Waals surface area contributed by atoms with Crippen molar-refractivity contribution in [3.05, 3.63) is 65.2 Å². The third-order valence-corrected chi connectivity index (χ3v) is 4.52. The number of carbonyl (C=O) groups is 1. The molecular weight excluding hydrogens is 312 g/mol. The first-order valence-electron chi connectivity index (χ1n) is 6.92. The summed E-state index contributed by atoms with van der Waals surface area (Å²) in [7, 11) is -3.36. The molecule has 1 amide bonds. The van der Waals surface area contributed by atoms with E-state index in [0.29, 0.717) is 5.56 Å². The van der Waals surface area contributed by atoms with Crippen LogP contribution in [0.2, 0.25) is 0 Å². The summed E-state index contributed by atoms with van der Waals surface area (Å²) >= 11 is 0. The van der Waals surface area contributed by atoms with Gasteiger partial charge in [0.2, 0.25) is 0 Å². The van der Waals surface area contributed by atoms with E-state index in [1.165, 1.54) is 18.2 Å². The number of nitrogens with zero attached hydrogens (tertiary/aromatic N) is 1. The fourth-order valence-corrected chi connectivity index (χ4v) is 2.74. The molecule has 0 bridgehead atoms. The Morgan fingerprint density at radius 1 is 1.17 bits per heavy atom. The van der Waals surface area contributed by atoms with Crippen LogP contribution in [0.5, 0.6) is 0 Å². The van der Waals surface area contributed by atoms with Crippen molar-refractivity contribution in [2.24, 2.45) is 0 Å². The highest BCUT2D eigenvalue weighted by atomic mass is 32.2. The number of nitriles is 1. The van der Waals surface area contributed by atoms with E-state index in [9.17, 15) is 13.2 Å². The van der Waals surface area contributed by atoms with Crippen LogP contribution in [0.1, 0.15) is 34.5 Å². The van der Waals surface area contributed by atoms with E-state index >= 15 is 0 Å². The van der Waals surface area contributed by atoms with Crippen molar-refractivity contribution in [3.8, 4) is 6.07 Å². The molecule has 0 radical (unpaired) electrons. The molecule has 2 aromatic carbocycles. The Morgan fingerprint density at radius 2 is 1.83 bits per heavy atom. The van der Waals surface area contributed by atoms with Crippen LogP contribution in [0.3, 0.4) is 0 Å². The molecule has 23 heavy (non-hydrogen) atoms. The van der Waals surface area contributed by atoms with Gasteiger partial charge < -0.3 is 5.32 Å². The largest absolute Gasteiger partial charge is 0.346 e. The number of hydrogen-bond acceptors (Lipinski definition) is 4. The summed E-state index contributed by atoms with van der Waals surface area (Å²) in [5, 5.41) is 11.6. The molecule has 0 spiro atoms. The SMILES string of the molecule is CC(NC(=O)c1cccc(S(C)(=O)=O)c1)c1ccc(C#N)cc1. The zero-order chi connectivity index (χ0) is 17.0. The summed E-state index contributed by atoms with van der Waals surface area (Å²) in [6.07, 6.45) is 1.10. The van der Waals surface area contributed by atoms with Crippen molar-refractivity contribution in [2.75, 3.05) is 6.26 Å². The number of rotatable bonds is 4. The number of carbonyl (C=O) groups excluding carboxylic acids is 1. The minimum absolute atomic E-state index is 0.108. The van der Waals surface area contributed by atoms with Gasteiger partial charge in [0.25, 0.3) is 5.91 Å². The first-order valence-corrected chi connectivity index (χ1v) is 8.81. The lowest BCUT2D eigenvalue weighted by Crippen LogP contribution is -2.26. The molecule has 0 heterocycles. The Bertz CT molecular complexity index is 865. The van der Waals surface area contributed by atoms with E-state index in [1.54, 1.807) is 30.3 Å². The molecule has 0 aliphatic heterocycles. The maximum absolute atomic E-state index is 12.3. The Labute approximate surface area is 135 Å². The predicted molar refractivity (Wildman–Crippen MR) is 86.6 cm³/mol. The van der Waals surface area contributed by atoms with E-state index in [4.69, 9.17) is 5.26 Å². The number of nitrogens with one attached hydrogen (secondary N) is 1. The second kappa shape index (κ2) is 6.63. The van der Waals surface area contributed by atoms with Gasteiger partial charge in [-0.05, 0) is 42.8 Å². The van der Waals surface area contributed by atoms with Gasteiger partial charge in [-0.2, -0.15) is 5.26 Å². The summed E-state index contributed by atoms with van der Waals surface area (Å²) in [4.78, 5) is 12.4. The number of amides is 1. The van der Waals surface area contributed by atoms with Crippen molar-refractivity contribution in [3.63, 3.8) is 0 Å². The van der Waals surface area contributed by atoms with Crippen LogP contribution >= 0.6 is 0 Å². The van der Waals surface area contributed by atoms with Gasteiger partial charge in [0.15, 0.2) is 9.84 Å². The second-order valence-corrected chi connectivity index (χ2v) is 7.24. The lowest BCUT2D eigenvalue weighted by atomic mass is 10.1. The van der Waals surface area contributed by atoms with Crippen LogP contribution in [-0.2, 0) is 9.84 Å². The Morgan fingerprint density at radius 3 is 2.39 bits per heavy atom. The van der Waals surface area contributed by atoms with Crippen LogP contribution < -0.4 is 5.32 Å². The van der Waals surface area contributed by atoms with E-state index < -0.39 is 9.84 Å². The highest BCUT2D eigenvalue weighted by molar-refractivity contribution is 7.90. The third-order valence-electron chi connectivity index (χ3n) is 3.41. The van der Waals surface area contributed by atoms with Crippen molar-refractivity contribution in [1.82, 2.24) is 5.32 Å². The van der Waals surface area contributed by atoms with Gasteiger partial charge in [0, 0.05) is 11.8 Å². The normalized spacial score (nSPS) is 12.2. The van der Waals surface area contributed by atoms with Gasteiger partial charge >= 0.3 is 0 Å². The standard InChI is InChI=1S/C17H16N2O3S/c1-12(14-8-6-13(11-18)7-9-14)19-17(20)15-4-3-5-16(10-15)23(2,21)22/h3-10,12H,1-2H3,(H,19,20). The third kappa shape index (κ3) is 4.18. The molecule has 0 fully saturated rings. The second-order valence-electron chi connectivity index (χ2n) is 5.23. The molecule has 1 unspecified atom stereocenters. The van der Waals surface area contributed by atoms with Crippen LogP contribution in [-0.4, -0.2) is 20.6 Å². The molecule has 2 rings (SSSR count). The average Bonchev–Trinajstić information content (AvgIpc) is 2.54. The lowest BCUT2D eigenvalue weighted by Gasteiger charge is -2.14. The first kappa shape index (κ1) is 16.7. The van der Waals surface area contributed by atoms with Crippen molar-refractivity contribution >= 4 is 15.7 Å². The highest BCUT2D eigenvalue weighted by Gasteiger charge is 2.14. The molecule has 0 saturated carbocycles. The zero-order valence-corrected chi connectivity index (χ0v) is 13.6. The fourth-order valence-electron chi connectivity index (χ4n) is 2.08. The van der Waals surface area contributed by atoms with E-state index in [1.807, 2.05) is 13.0 Å². The first-order chi connectivity index (χ1) is 10.8. The van der Waals surface area contributed by atoms with Crippen LogP contribution in [0.4, 0.5) is 0 Å². The Balaban J connectivity index is 2.16. The van der Waals surface area contributed by atoms with E-state index in [2.05, 4.69) is 5.32 Å². The molecule has 0 aliphatic rings. The van der Waals surface area contributed by atoms with E-state index in [0.717, 1.165) is 11.8 Å². The number of benzene rings is 2. The minimum atomic E-state index is -3.36. The minimum Gasteiger partial charge on any atom is -0.346 e. The van der Waals surface area contributed by atoms with Gasteiger partial charge in [-0.1, -0.05) is 18.2 Å². The summed E-state index contributed by atoms with van der Waals surface area (Å²) < 4.78 is 23.1. The predicted octanol–water partition coefficient (Wildman–Crippen LogP) is 2.45. The van der Waals surface area contributed by atoms with E-state index in [-0.39, 0.29) is 22.4 Å². The molecule has 0 aromatic heterocycles. The Hall–Kier alpha value is -2.65. The zero-order valence-electron chi connectivity index (χ0n) is 12.8. The van der Waals surface area contributed by atoms with Gasteiger partial charge in [0.05, 0.1) is 22.6 Å². The maximum Gasteiger partial charge on any atom is 0.251 e. The summed E-state index contributed by atoms with van der Waals surface area (Å²) in [6.45, 7) is 1.82. The Kier molecular flexibility index (Phi) is 4.82. The molecule has 5 nitrogen and oxygen atoms in total. The molecule has 6 heteroatoms. The smallest absolute Gasteiger partial charge is 0.251 e. The van der Waals surface area contributed by atoms with Gasteiger partial charge in [-0.3, -0.25) is 4.79 Å². The van der Waals surface area contributed by atoms with Crippen LogP contribution in [0.25, 0.3) is 0 Å². The monoisotopic (exact) mass is 328 g/mol. The summed E-state index contributed by atoms with van der Waals surface area (Å²) in [5.41, 5.74) is 1.69. The van der Waals surface area contributed by atoms with Crippen molar-refractivity contribution in [1.29, 1.82) is 5.26 Å². The number of sulfone groups is 1. The molecular formula is C17H16N2O3S. The quantitative estimate of drug-likeness (QED) is 0.934. The summed E-state index contributed by atoms with van der Waals surface area (Å²) in [5.74, 6) is -0.354. The highest BCUT2D eigenvalue weighted by Crippen LogP contribution is 2.16. The van der Waals surface area contributed by atoms with Gasteiger partial charge in [-0.25, -0.2) is 8.42 Å². The average molecular weight is 328 g/mol. The molecule has 0 saturated heterocycles. The van der Waals surface area contributed by atoms with Crippen LogP contribution in [0, 0.1) is 11.3 Å². The molecule has 0 aliphatic carbocycles. The molecule has 118 valence electrons. The van der Waals surface area contributed by atoms with Gasteiger partial charge in [0.1, 0.15) is 0 Å². The molecule has 1 atom stereocenters. The summed E-state index contributed by atoms with van der Waals surface area (Å²) in [6, 6.07) is 14.6. The lowest BCUT2D eigenvalue weighted by molar-refractivity contribution is 0.0939. The molecule has 1 N–H and O–H groups in total. The van der Waals surface area contributed by atoms with Crippen LogP contribution in [0.15, 0.2) is 53.4 Å². The van der Waals surface area contributed by atoms with Crippen molar-refractivity contribution < 1.29 is 13.2 Å². The number of hydrogen-bond donors (Lipinski definition) is 1.